The van der Waals surface area contributed by atoms with Crippen molar-refractivity contribution in [2.75, 3.05) is 39.8 Å². The molecule has 220 valence electrons. The molecule has 2 amide bonds. The number of hydrogen-bond donors (Lipinski definition) is 5. The minimum absolute atomic E-state index is 0.0670. The lowest BCUT2D eigenvalue weighted by molar-refractivity contribution is -0.121. The van der Waals surface area contributed by atoms with E-state index in [0.29, 0.717) is 39.0 Å². The summed E-state index contributed by atoms with van der Waals surface area (Å²) >= 11 is 0. The number of carbonyl (C=O) groups excluding carboxylic acids is 2. The van der Waals surface area contributed by atoms with Crippen molar-refractivity contribution in [3.63, 3.8) is 0 Å². The topological polar surface area (TPSA) is 123 Å². The Hall–Kier alpha value is -3.39. The molecule has 0 saturated heterocycles. The zero-order chi connectivity index (χ0) is 29.2. The molecule has 0 aliphatic heterocycles. The molecule has 0 aliphatic carbocycles. The summed E-state index contributed by atoms with van der Waals surface area (Å²) in [6, 6.07) is 0. The Morgan fingerprint density at radius 1 is 0.744 bits per heavy atom. The molecule has 0 atom stereocenters. The van der Waals surface area contributed by atoms with Crippen molar-refractivity contribution in [2.24, 2.45) is 5.73 Å². The van der Waals surface area contributed by atoms with Crippen LogP contribution in [-0.4, -0.2) is 62.9 Å². The first kappa shape index (κ1) is 37.8. The first-order valence-corrected chi connectivity index (χ1v) is 14.1. The van der Waals surface area contributed by atoms with Crippen molar-refractivity contribution < 1.29 is 9.59 Å². The predicted octanol–water partition coefficient (Wildman–Crippen LogP) is 4.75. The van der Waals surface area contributed by atoms with Crippen molar-refractivity contribution in [2.45, 2.75) is 65.2 Å². The standard InChI is InChI=1S/C27H43N3O2.C4H11N3/c1-2-3-4-5-6-7-8-9-10-11-12-13-14-15-16-17-18-19-20-21-27(32)30-25-24-28-22-23-29-26-31;1-3-7(2)4(5)6/h3-4,6-7,9-10,12-13,15-16,18-19,26,28H,2,5,8,11,14,17,20-25H2,1H3,(H,29,31)(H,30,32);3H2,1-2H3,(H3,5,6)/b4-3-,7-6-,10-9-,13-12-,16-15-,19-18-;. The van der Waals surface area contributed by atoms with Crippen LogP contribution in [0.15, 0.2) is 72.9 Å². The van der Waals surface area contributed by atoms with Gasteiger partial charge in [-0.1, -0.05) is 79.8 Å². The van der Waals surface area contributed by atoms with Gasteiger partial charge in [0, 0.05) is 46.2 Å². The van der Waals surface area contributed by atoms with Gasteiger partial charge in [0.25, 0.3) is 0 Å². The normalized spacial score (nSPS) is 11.7. The molecule has 0 unspecified atom stereocenters. The van der Waals surface area contributed by atoms with Crippen molar-refractivity contribution >= 4 is 18.3 Å². The lowest BCUT2D eigenvalue weighted by atomic mass is 10.2. The molecule has 0 spiro atoms. The van der Waals surface area contributed by atoms with Gasteiger partial charge < -0.3 is 26.6 Å². The van der Waals surface area contributed by atoms with Gasteiger partial charge in [0.15, 0.2) is 5.96 Å². The molecule has 0 aromatic rings. The summed E-state index contributed by atoms with van der Waals surface area (Å²) < 4.78 is 0. The van der Waals surface area contributed by atoms with Gasteiger partial charge in [-0.3, -0.25) is 15.0 Å². The number of amides is 2. The number of nitrogens with one attached hydrogen (secondary N) is 4. The molecular weight excluding hydrogens is 488 g/mol. The van der Waals surface area contributed by atoms with E-state index in [1.165, 1.54) is 0 Å². The fourth-order valence-electron chi connectivity index (χ4n) is 2.75. The highest BCUT2D eigenvalue weighted by Crippen LogP contribution is 1.97. The number of carbonyl (C=O) groups is 2. The fraction of sp³-hybridized carbons (Fsp3) is 0.516. The molecule has 0 fully saturated rings. The molecule has 8 nitrogen and oxygen atoms in total. The van der Waals surface area contributed by atoms with E-state index in [1.54, 1.807) is 11.9 Å². The van der Waals surface area contributed by atoms with Crippen LogP contribution in [0.25, 0.3) is 0 Å². The molecule has 0 radical (unpaired) electrons. The van der Waals surface area contributed by atoms with Crippen LogP contribution >= 0.6 is 0 Å². The van der Waals surface area contributed by atoms with Crippen molar-refractivity contribution in [3.05, 3.63) is 72.9 Å². The zero-order valence-corrected chi connectivity index (χ0v) is 24.5. The molecule has 0 heterocycles. The number of rotatable bonds is 22. The number of allylic oxidation sites excluding steroid dienone is 12. The second-order valence-electron chi connectivity index (χ2n) is 8.53. The third-order valence-corrected chi connectivity index (χ3v) is 5.17. The zero-order valence-electron chi connectivity index (χ0n) is 24.5. The highest BCUT2D eigenvalue weighted by Gasteiger charge is 1.97. The number of nitrogens with zero attached hydrogens (tertiary/aromatic N) is 1. The highest BCUT2D eigenvalue weighted by atomic mass is 16.1. The second kappa shape index (κ2) is 32.6. The lowest BCUT2D eigenvalue weighted by Crippen LogP contribution is -2.34. The Labute approximate surface area is 237 Å². The van der Waals surface area contributed by atoms with E-state index in [-0.39, 0.29) is 11.9 Å². The summed E-state index contributed by atoms with van der Waals surface area (Å²) in [4.78, 5) is 23.4. The van der Waals surface area contributed by atoms with Gasteiger partial charge in [-0.05, 0) is 51.9 Å². The quantitative estimate of drug-likeness (QED) is 0.0444. The van der Waals surface area contributed by atoms with Crippen LogP contribution < -0.4 is 21.7 Å². The predicted molar refractivity (Wildman–Crippen MR) is 168 cm³/mol. The SMILES string of the molecule is CC/C=C\C/C=C\C/C=C\C/C=C\C/C=C\C/C=C\CCC(=O)NCCNCCNC=O.CCN(C)C(=N)N. The van der Waals surface area contributed by atoms with Crippen LogP contribution in [0.3, 0.4) is 0 Å². The maximum atomic E-state index is 11.7. The van der Waals surface area contributed by atoms with Gasteiger partial charge in [-0.15, -0.1) is 0 Å². The minimum atomic E-state index is 0.0670. The Balaban J connectivity index is 0. The lowest BCUT2D eigenvalue weighted by Gasteiger charge is -2.11. The number of guanidine groups is 1. The van der Waals surface area contributed by atoms with Gasteiger partial charge in [-0.25, -0.2) is 0 Å². The molecule has 39 heavy (non-hydrogen) atoms. The third-order valence-electron chi connectivity index (χ3n) is 5.17. The number of nitrogens with two attached hydrogens (primary N) is 1. The minimum Gasteiger partial charge on any atom is -0.370 e. The van der Waals surface area contributed by atoms with E-state index in [0.717, 1.165) is 51.5 Å². The van der Waals surface area contributed by atoms with E-state index < -0.39 is 0 Å². The van der Waals surface area contributed by atoms with E-state index in [4.69, 9.17) is 11.1 Å². The van der Waals surface area contributed by atoms with Gasteiger partial charge in [0.1, 0.15) is 0 Å². The van der Waals surface area contributed by atoms with Gasteiger partial charge >= 0.3 is 0 Å². The highest BCUT2D eigenvalue weighted by molar-refractivity contribution is 5.76. The molecule has 0 aromatic carbocycles. The maximum absolute atomic E-state index is 11.7. The average molecular weight is 543 g/mol. The van der Waals surface area contributed by atoms with Crippen LogP contribution in [0.2, 0.25) is 0 Å². The van der Waals surface area contributed by atoms with Crippen molar-refractivity contribution in [1.29, 1.82) is 5.41 Å². The summed E-state index contributed by atoms with van der Waals surface area (Å²) in [6.07, 6.45) is 34.0. The van der Waals surface area contributed by atoms with E-state index in [2.05, 4.69) is 95.8 Å². The van der Waals surface area contributed by atoms with E-state index in [9.17, 15) is 9.59 Å². The average Bonchev–Trinajstić information content (AvgIpc) is 2.93. The molecule has 0 saturated carbocycles. The van der Waals surface area contributed by atoms with Crippen molar-refractivity contribution in [3.8, 4) is 0 Å². The van der Waals surface area contributed by atoms with E-state index >= 15 is 0 Å². The fourth-order valence-corrected chi connectivity index (χ4v) is 2.75. The monoisotopic (exact) mass is 542 g/mol. The molecule has 6 N–H and O–H groups in total. The summed E-state index contributed by atoms with van der Waals surface area (Å²) in [5.41, 5.74) is 5.06. The Morgan fingerprint density at radius 3 is 1.62 bits per heavy atom. The molecule has 0 bridgehead atoms. The smallest absolute Gasteiger partial charge is 0.220 e. The first-order chi connectivity index (χ1) is 19.0. The van der Waals surface area contributed by atoms with Crippen LogP contribution in [0.4, 0.5) is 0 Å². The van der Waals surface area contributed by atoms with Crippen LogP contribution in [-0.2, 0) is 9.59 Å². The molecule has 0 aliphatic rings. The molecule has 0 rings (SSSR count). The van der Waals surface area contributed by atoms with Crippen LogP contribution in [0.5, 0.6) is 0 Å². The molecular formula is C31H54N6O2. The van der Waals surface area contributed by atoms with Gasteiger partial charge in [0.2, 0.25) is 12.3 Å². The van der Waals surface area contributed by atoms with Crippen LogP contribution in [0.1, 0.15) is 65.2 Å². The summed E-state index contributed by atoms with van der Waals surface area (Å²) in [5, 5.41) is 15.4. The Bertz CT molecular complexity index is 769. The maximum Gasteiger partial charge on any atom is 0.220 e. The second-order valence-corrected chi connectivity index (χ2v) is 8.53. The molecule has 8 heteroatoms. The molecule has 0 aromatic heterocycles. The number of hydrogen-bond acceptors (Lipinski definition) is 4. The largest absolute Gasteiger partial charge is 0.370 e. The first-order valence-electron chi connectivity index (χ1n) is 14.1. The summed E-state index contributed by atoms with van der Waals surface area (Å²) in [7, 11) is 1.78. The Morgan fingerprint density at radius 2 is 1.21 bits per heavy atom. The summed E-state index contributed by atoms with van der Waals surface area (Å²) in [5.74, 6) is 0.194. The summed E-state index contributed by atoms with van der Waals surface area (Å²) in [6.45, 7) is 7.50. The van der Waals surface area contributed by atoms with E-state index in [1.807, 2.05) is 6.92 Å². The Kier molecular flexibility index (Phi) is 31.6. The van der Waals surface area contributed by atoms with Crippen LogP contribution in [0, 0.1) is 5.41 Å². The van der Waals surface area contributed by atoms with Crippen molar-refractivity contribution in [1.82, 2.24) is 20.9 Å². The third kappa shape index (κ3) is 34.6. The van der Waals surface area contributed by atoms with Gasteiger partial charge in [0.05, 0.1) is 0 Å². The van der Waals surface area contributed by atoms with Gasteiger partial charge in [-0.2, -0.15) is 0 Å².